The van der Waals surface area contributed by atoms with Gasteiger partial charge in [-0.3, -0.25) is 0 Å². The summed E-state index contributed by atoms with van der Waals surface area (Å²) in [7, 11) is 0. The van der Waals surface area contributed by atoms with E-state index in [0.29, 0.717) is 0 Å². The van der Waals surface area contributed by atoms with Gasteiger partial charge < -0.3 is 6.92 Å². The summed E-state index contributed by atoms with van der Waals surface area (Å²) in [4.78, 5) is 0. The molecule has 0 atom stereocenters. The van der Waals surface area contributed by atoms with Gasteiger partial charge >= 0.3 is 21.7 Å². The number of benzene rings is 6. The molecule has 207 valence electrons. The number of rotatable bonds is 2. The minimum absolute atomic E-state index is 0. The van der Waals surface area contributed by atoms with Crippen LogP contribution in [0.4, 0.5) is 0 Å². The molecular formula is C42H35Ti. The summed E-state index contributed by atoms with van der Waals surface area (Å²) < 4.78 is 0. The van der Waals surface area contributed by atoms with E-state index in [4.69, 9.17) is 0 Å². The Bertz CT molecular complexity index is 1970. The molecule has 0 saturated heterocycles. The van der Waals surface area contributed by atoms with E-state index in [1.54, 1.807) is 6.92 Å². The molecule has 0 N–H and O–H groups in total. The predicted molar refractivity (Wildman–Crippen MR) is 185 cm³/mol. The summed E-state index contributed by atoms with van der Waals surface area (Å²) in [5.41, 5.74) is 7.94. The van der Waals surface area contributed by atoms with Gasteiger partial charge in [-0.2, -0.15) is 19.1 Å². The van der Waals surface area contributed by atoms with Gasteiger partial charge in [-0.1, -0.05) is 122 Å². The maximum absolute atomic E-state index is 3.25. The molecule has 43 heavy (non-hydrogen) atoms. The van der Waals surface area contributed by atoms with Crippen LogP contribution in [0.5, 0.6) is 0 Å². The third kappa shape index (κ3) is 6.00. The van der Waals surface area contributed by atoms with Crippen LogP contribution in [-0.4, -0.2) is 0 Å². The van der Waals surface area contributed by atoms with Gasteiger partial charge in [0.2, 0.25) is 0 Å². The summed E-state index contributed by atoms with van der Waals surface area (Å²) in [6.07, 6.45) is 0. The van der Waals surface area contributed by atoms with Gasteiger partial charge in [-0.25, -0.2) is 0 Å². The van der Waals surface area contributed by atoms with Crippen molar-refractivity contribution in [2.24, 2.45) is 0 Å². The largest absolute Gasteiger partial charge is 3.00 e. The Morgan fingerprint density at radius 3 is 1.14 bits per heavy atom. The SMILES string of the molecule is Cc1cc2c(-c3cccc4ccccc34)cccc2[cH-]1.Cc1cc2c(-c3cccc4ccccc34)cccc2[cH-]1.[CH2-]C.[Ti+3]. The molecule has 0 unspecified atom stereocenters. The zero-order valence-electron chi connectivity index (χ0n) is 25.1. The fourth-order valence-electron chi connectivity index (χ4n) is 6.16. The van der Waals surface area contributed by atoms with E-state index in [-0.39, 0.29) is 21.7 Å². The van der Waals surface area contributed by atoms with Crippen LogP contribution in [0, 0.1) is 20.8 Å². The number of hydrogen-bond acceptors (Lipinski definition) is 0. The predicted octanol–water partition coefficient (Wildman–Crippen LogP) is 12.2. The van der Waals surface area contributed by atoms with E-state index in [0.717, 1.165) is 0 Å². The van der Waals surface area contributed by atoms with Crippen molar-refractivity contribution in [3.05, 3.63) is 164 Å². The summed E-state index contributed by atoms with van der Waals surface area (Å²) in [5, 5.41) is 10.6. The van der Waals surface area contributed by atoms with Crippen LogP contribution in [0.1, 0.15) is 18.1 Å². The van der Waals surface area contributed by atoms with Crippen molar-refractivity contribution >= 4 is 43.1 Å². The first-order valence-corrected chi connectivity index (χ1v) is 14.6. The molecule has 0 amide bonds. The summed E-state index contributed by atoms with van der Waals surface area (Å²) >= 11 is 0. The molecule has 1 heteroatoms. The normalized spacial score (nSPS) is 10.6. The first-order chi connectivity index (χ1) is 20.7. The van der Waals surface area contributed by atoms with Crippen molar-refractivity contribution in [1.29, 1.82) is 0 Å². The average molecular weight is 588 g/mol. The molecule has 8 aromatic carbocycles. The standard InChI is InChI=1S/2C20H15.C2H5.Ti/c2*1-14-12-16-8-5-11-19(20(16)13-14)18-10-4-7-15-6-2-3-9-17(15)18;1-2;/h2*2-13H,1H3;1H2,2H3;/q3*-1;+3. The van der Waals surface area contributed by atoms with Gasteiger partial charge in [0.25, 0.3) is 0 Å². The van der Waals surface area contributed by atoms with E-state index in [9.17, 15) is 0 Å². The maximum Gasteiger partial charge on any atom is 3.00 e. The molecule has 0 bridgehead atoms. The van der Waals surface area contributed by atoms with Crippen molar-refractivity contribution in [1.82, 2.24) is 0 Å². The van der Waals surface area contributed by atoms with Gasteiger partial charge in [0.1, 0.15) is 0 Å². The zero-order chi connectivity index (χ0) is 29.1. The van der Waals surface area contributed by atoms with Crippen LogP contribution in [0.2, 0.25) is 0 Å². The minimum Gasteiger partial charge on any atom is -0.346 e. The Morgan fingerprint density at radius 1 is 0.395 bits per heavy atom. The molecule has 0 aliphatic carbocycles. The van der Waals surface area contributed by atoms with Crippen LogP contribution in [0.15, 0.2) is 146 Å². The molecule has 1 radical (unpaired) electrons. The molecule has 0 aliphatic rings. The van der Waals surface area contributed by atoms with Crippen molar-refractivity contribution in [2.45, 2.75) is 20.8 Å². The van der Waals surface area contributed by atoms with Crippen LogP contribution >= 0.6 is 0 Å². The Morgan fingerprint density at radius 2 is 0.721 bits per heavy atom. The molecule has 0 aromatic heterocycles. The molecule has 8 aromatic rings. The first-order valence-electron chi connectivity index (χ1n) is 14.6. The fraction of sp³-hybridized carbons (Fsp3) is 0.0714. The Labute approximate surface area is 270 Å². The number of fused-ring (bicyclic) bond motifs is 4. The van der Waals surface area contributed by atoms with E-state index < -0.39 is 0 Å². The molecule has 8 rings (SSSR count). The summed E-state index contributed by atoms with van der Waals surface area (Å²) in [6, 6.07) is 52.5. The molecule has 0 heterocycles. The summed E-state index contributed by atoms with van der Waals surface area (Å²) in [6.45, 7) is 9.32. The molecular weight excluding hydrogens is 552 g/mol. The van der Waals surface area contributed by atoms with Crippen LogP contribution in [-0.2, 0) is 21.7 Å². The van der Waals surface area contributed by atoms with Gasteiger partial charge in [-0.05, 0) is 32.7 Å². The summed E-state index contributed by atoms with van der Waals surface area (Å²) in [5.74, 6) is 0. The molecule has 0 spiro atoms. The van der Waals surface area contributed by atoms with E-state index in [2.05, 4.69) is 166 Å². The van der Waals surface area contributed by atoms with Crippen LogP contribution < -0.4 is 0 Å². The van der Waals surface area contributed by atoms with Crippen molar-refractivity contribution in [3.8, 4) is 22.3 Å². The topological polar surface area (TPSA) is 0 Å². The quantitative estimate of drug-likeness (QED) is 0.139. The first kappa shape index (κ1) is 30.2. The smallest absolute Gasteiger partial charge is 0.346 e. The van der Waals surface area contributed by atoms with Crippen molar-refractivity contribution < 1.29 is 21.7 Å². The van der Waals surface area contributed by atoms with Crippen molar-refractivity contribution in [3.63, 3.8) is 0 Å². The van der Waals surface area contributed by atoms with E-state index in [1.807, 2.05) is 0 Å². The third-order valence-electron chi connectivity index (χ3n) is 7.95. The number of hydrogen-bond donors (Lipinski definition) is 0. The molecule has 0 nitrogen and oxygen atoms in total. The monoisotopic (exact) mass is 587 g/mol. The van der Waals surface area contributed by atoms with E-state index >= 15 is 0 Å². The maximum atomic E-state index is 3.25. The van der Waals surface area contributed by atoms with Gasteiger partial charge in [-0.15, -0.1) is 69.1 Å². The Kier molecular flexibility index (Phi) is 9.41. The van der Waals surface area contributed by atoms with Gasteiger partial charge in [0, 0.05) is 0 Å². The van der Waals surface area contributed by atoms with Crippen LogP contribution in [0.25, 0.3) is 65.3 Å². The van der Waals surface area contributed by atoms with Crippen LogP contribution in [0.3, 0.4) is 0 Å². The zero-order valence-corrected chi connectivity index (χ0v) is 26.6. The van der Waals surface area contributed by atoms with Gasteiger partial charge in [0.05, 0.1) is 0 Å². The molecule has 0 fully saturated rings. The number of aryl methyl sites for hydroxylation is 2. The van der Waals surface area contributed by atoms with E-state index in [1.165, 1.54) is 76.5 Å². The van der Waals surface area contributed by atoms with Crippen molar-refractivity contribution in [2.75, 3.05) is 0 Å². The Hall–Kier alpha value is -4.23. The minimum atomic E-state index is 0. The molecule has 0 aliphatic heterocycles. The second-order valence-corrected chi connectivity index (χ2v) is 10.7. The molecule has 0 saturated carbocycles. The Balaban J connectivity index is 0.000000159. The third-order valence-corrected chi connectivity index (χ3v) is 7.95. The second kappa shape index (κ2) is 13.4. The second-order valence-electron chi connectivity index (χ2n) is 10.7. The fourth-order valence-corrected chi connectivity index (χ4v) is 6.16. The average Bonchev–Trinajstić information content (AvgIpc) is 3.62. The van der Waals surface area contributed by atoms with Gasteiger partial charge in [0.15, 0.2) is 0 Å².